The number of fused-ring (bicyclic) bond motifs is 2. The Morgan fingerprint density at radius 2 is 1.79 bits per heavy atom. The van der Waals surface area contributed by atoms with Crippen LogP contribution in [0.3, 0.4) is 0 Å². The smallest absolute Gasteiger partial charge is 0.236 e. The normalized spacial score (nSPS) is 15.9. The van der Waals surface area contributed by atoms with Crippen molar-refractivity contribution in [2.24, 2.45) is 5.73 Å². The van der Waals surface area contributed by atoms with Gasteiger partial charge in [0.25, 0.3) is 0 Å². The molecule has 4 N–H and O–H groups in total. The standard InChI is InChI=1S/C20H24N2O3S2.CH5N/c1-20(2,24)17-11-21-19(26-17)27(25)22-18(23)10-16-14-7-3-5-12(14)9-13-6-4-8-15(13)16;1-2/h9,11,24H,3-8,10H2,1-2H3,(H,22,23);2H2,1H3. The van der Waals surface area contributed by atoms with Gasteiger partial charge in [-0.3, -0.25) is 9.52 Å². The van der Waals surface area contributed by atoms with Crippen molar-refractivity contribution in [2.75, 3.05) is 7.05 Å². The predicted octanol–water partition coefficient (Wildman–Crippen LogP) is 2.30. The molecule has 29 heavy (non-hydrogen) atoms. The quantitative estimate of drug-likeness (QED) is 0.668. The van der Waals surface area contributed by atoms with E-state index < -0.39 is 16.6 Å². The number of hydrogen-bond donors (Lipinski definition) is 3. The van der Waals surface area contributed by atoms with Crippen molar-refractivity contribution >= 4 is 28.2 Å². The van der Waals surface area contributed by atoms with Crippen LogP contribution in [0.15, 0.2) is 16.6 Å². The molecule has 0 saturated heterocycles. The topological polar surface area (TPSA) is 105 Å². The van der Waals surface area contributed by atoms with Crippen LogP contribution in [0, 0.1) is 0 Å². The highest BCUT2D eigenvalue weighted by atomic mass is 32.2. The van der Waals surface area contributed by atoms with Gasteiger partial charge in [-0.15, -0.1) is 11.3 Å². The summed E-state index contributed by atoms with van der Waals surface area (Å²) in [5.41, 5.74) is 10.1. The van der Waals surface area contributed by atoms with E-state index in [1.165, 1.54) is 41.1 Å². The highest BCUT2D eigenvalue weighted by Crippen LogP contribution is 2.35. The van der Waals surface area contributed by atoms with Gasteiger partial charge in [-0.1, -0.05) is 6.07 Å². The van der Waals surface area contributed by atoms with Crippen LogP contribution in [-0.2, 0) is 53.5 Å². The first-order valence-electron chi connectivity index (χ1n) is 9.96. The van der Waals surface area contributed by atoms with Crippen molar-refractivity contribution in [3.8, 4) is 0 Å². The van der Waals surface area contributed by atoms with Gasteiger partial charge < -0.3 is 10.8 Å². The molecule has 1 unspecified atom stereocenters. The van der Waals surface area contributed by atoms with Crippen molar-refractivity contribution in [3.63, 3.8) is 0 Å². The Hall–Kier alpha value is -1.61. The number of nitrogens with zero attached hydrogens (tertiary/aromatic N) is 1. The number of rotatable bonds is 5. The first-order valence-corrected chi connectivity index (χ1v) is 11.9. The second kappa shape index (κ2) is 9.04. The number of carbonyl (C=O) groups excluding carboxylic acids is 1. The number of carbonyl (C=O) groups is 1. The minimum atomic E-state index is -1.70. The van der Waals surface area contributed by atoms with Gasteiger partial charge in [0.1, 0.15) is 0 Å². The molecule has 0 aliphatic heterocycles. The molecule has 1 heterocycles. The van der Waals surface area contributed by atoms with Gasteiger partial charge in [0.05, 0.1) is 16.9 Å². The summed E-state index contributed by atoms with van der Waals surface area (Å²) in [4.78, 5) is 17.3. The van der Waals surface area contributed by atoms with Gasteiger partial charge in [0.15, 0.2) is 11.0 Å². The largest absolute Gasteiger partial charge is 0.385 e. The van der Waals surface area contributed by atoms with Crippen molar-refractivity contribution in [3.05, 3.63) is 45.0 Å². The molecule has 158 valence electrons. The van der Waals surface area contributed by atoms with E-state index in [-0.39, 0.29) is 12.3 Å². The number of benzene rings is 1. The van der Waals surface area contributed by atoms with Crippen LogP contribution in [0.2, 0.25) is 0 Å². The summed E-state index contributed by atoms with van der Waals surface area (Å²) in [5, 5.41) is 10.0. The molecule has 0 radical (unpaired) electrons. The van der Waals surface area contributed by atoms with Crippen molar-refractivity contribution < 1.29 is 14.1 Å². The summed E-state index contributed by atoms with van der Waals surface area (Å²) in [7, 11) is -0.201. The fourth-order valence-electron chi connectivity index (χ4n) is 4.12. The molecule has 1 aromatic carbocycles. The molecule has 0 bridgehead atoms. The number of aromatic nitrogens is 1. The summed E-state index contributed by atoms with van der Waals surface area (Å²) in [6.07, 6.45) is 8.37. The van der Waals surface area contributed by atoms with E-state index in [2.05, 4.69) is 21.5 Å². The van der Waals surface area contributed by atoms with Crippen LogP contribution in [0.25, 0.3) is 0 Å². The summed E-state index contributed by atoms with van der Waals surface area (Å²) in [6.45, 7) is 3.31. The Bertz CT molecular complexity index is 900. The molecule has 0 spiro atoms. The van der Waals surface area contributed by atoms with E-state index in [4.69, 9.17) is 0 Å². The lowest BCUT2D eigenvalue weighted by atomic mass is 9.92. The zero-order valence-electron chi connectivity index (χ0n) is 17.2. The Balaban J connectivity index is 0.00000117. The number of thiazole rings is 1. The molecule has 1 atom stereocenters. The molecule has 0 saturated carbocycles. The van der Waals surface area contributed by atoms with E-state index >= 15 is 0 Å². The maximum absolute atomic E-state index is 12.6. The number of hydrogen-bond acceptors (Lipinski definition) is 6. The van der Waals surface area contributed by atoms with Gasteiger partial charge in [-0.25, -0.2) is 9.19 Å². The van der Waals surface area contributed by atoms with Crippen LogP contribution in [-0.4, -0.2) is 27.3 Å². The number of aryl methyl sites for hydroxylation is 2. The molecule has 6 nitrogen and oxygen atoms in total. The van der Waals surface area contributed by atoms with E-state index in [0.717, 1.165) is 49.9 Å². The van der Waals surface area contributed by atoms with Gasteiger partial charge in [-0.05, 0) is 87.2 Å². The number of aliphatic hydroxyl groups is 1. The first-order chi connectivity index (χ1) is 13.8. The summed E-state index contributed by atoms with van der Waals surface area (Å²) >= 11 is 1.16. The average Bonchev–Trinajstić information content (AvgIpc) is 3.42. The highest BCUT2D eigenvalue weighted by molar-refractivity contribution is 7.85. The third kappa shape index (κ3) is 4.77. The van der Waals surface area contributed by atoms with E-state index in [1.54, 1.807) is 13.8 Å². The molecule has 1 aromatic heterocycles. The van der Waals surface area contributed by atoms with Crippen molar-refractivity contribution in [1.29, 1.82) is 0 Å². The molecule has 0 fully saturated rings. The minimum Gasteiger partial charge on any atom is -0.385 e. The summed E-state index contributed by atoms with van der Waals surface area (Å²) in [6, 6.07) is 2.35. The third-order valence-corrected chi connectivity index (χ3v) is 8.03. The van der Waals surface area contributed by atoms with Crippen LogP contribution >= 0.6 is 11.3 Å². The number of nitrogens with two attached hydrogens (primary N) is 1. The fraction of sp³-hybridized carbons (Fsp3) is 0.524. The van der Waals surface area contributed by atoms with Crippen LogP contribution in [0.1, 0.15) is 59.4 Å². The zero-order chi connectivity index (χ0) is 21.2. The maximum atomic E-state index is 12.6. The summed E-state index contributed by atoms with van der Waals surface area (Å²) < 4.78 is 15.4. The third-order valence-electron chi connectivity index (χ3n) is 5.39. The van der Waals surface area contributed by atoms with Crippen LogP contribution in [0.5, 0.6) is 0 Å². The Morgan fingerprint density at radius 1 is 1.21 bits per heavy atom. The Kier molecular flexibility index (Phi) is 6.88. The van der Waals surface area contributed by atoms with Crippen molar-refractivity contribution in [1.82, 2.24) is 9.71 Å². The van der Waals surface area contributed by atoms with Crippen molar-refractivity contribution in [2.45, 2.75) is 68.7 Å². The molecular formula is C21H29N3O3S2. The van der Waals surface area contributed by atoms with Gasteiger partial charge >= 0.3 is 0 Å². The fourth-order valence-corrected chi connectivity index (χ4v) is 5.98. The molecule has 1 amide bonds. The monoisotopic (exact) mass is 435 g/mol. The number of nitrogens with one attached hydrogen (secondary N) is 1. The predicted molar refractivity (Wildman–Crippen MR) is 116 cm³/mol. The Labute approximate surface area is 178 Å². The van der Waals surface area contributed by atoms with Crippen LogP contribution in [0.4, 0.5) is 0 Å². The number of amides is 1. The van der Waals surface area contributed by atoms with E-state index in [9.17, 15) is 14.1 Å². The van der Waals surface area contributed by atoms with Crippen LogP contribution < -0.4 is 10.5 Å². The minimum absolute atomic E-state index is 0.234. The second-order valence-corrected chi connectivity index (χ2v) is 10.3. The lowest BCUT2D eigenvalue weighted by Crippen LogP contribution is -2.28. The molecule has 2 aromatic rings. The summed E-state index contributed by atoms with van der Waals surface area (Å²) in [5.74, 6) is -0.234. The Morgan fingerprint density at radius 3 is 2.31 bits per heavy atom. The average molecular weight is 436 g/mol. The lowest BCUT2D eigenvalue weighted by molar-refractivity contribution is -0.118. The first kappa shape index (κ1) is 22.1. The van der Waals surface area contributed by atoms with Gasteiger partial charge in [0.2, 0.25) is 10.2 Å². The molecule has 4 rings (SSSR count). The highest BCUT2D eigenvalue weighted by Gasteiger charge is 2.26. The molecule has 8 heteroatoms. The SMILES string of the molecule is CC(C)(O)c1cnc(S(=O)NC(=O)Cc2c3c(cc4c2CCC4)CCC3)s1.CN. The molecule has 2 aliphatic rings. The van der Waals surface area contributed by atoms with E-state index in [0.29, 0.717) is 9.22 Å². The zero-order valence-corrected chi connectivity index (χ0v) is 18.8. The van der Waals surface area contributed by atoms with Gasteiger partial charge in [0, 0.05) is 6.20 Å². The maximum Gasteiger partial charge on any atom is 0.236 e. The lowest BCUT2D eigenvalue weighted by Gasteiger charge is -2.15. The molecule has 2 aliphatic carbocycles. The molecular weight excluding hydrogens is 406 g/mol. The van der Waals surface area contributed by atoms with E-state index in [1.807, 2.05) is 0 Å². The van der Waals surface area contributed by atoms with Gasteiger partial charge in [-0.2, -0.15) is 0 Å². The second-order valence-electron chi connectivity index (χ2n) is 7.86.